The van der Waals surface area contributed by atoms with Crippen LogP contribution in [0.15, 0.2) is 40.7 Å². The standard InChI is InChI=1S/C17H21F3N4OS.HI/c1-21-16(24(2)10-11-25-13-6-4-3-5-7-13)22-9-8-15-23-14(12-26-15)17(18,19)20;/h3-7,12H,8-11H2,1-2H3,(H,21,22);1H. The molecule has 2 aromatic rings. The van der Waals surface area contributed by atoms with Crippen LogP contribution < -0.4 is 10.1 Å². The average molecular weight is 514 g/mol. The molecule has 1 aromatic heterocycles. The number of aliphatic imine (C=N–C) groups is 1. The van der Waals surface area contributed by atoms with E-state index in [1.807, 2.05) is 42.3 Å². The van der Waals surface area contributed by atoms with Crippen LogP contribution in [0.5, 0.6) is 5.75 Å². The number of halogens is 4. The quantitative estimate of drug-likeness (QED) is 0.346. The summed E-state index contributed by atoms with van der Waals surface area (Å²) in [5.41, 5.74) is -0.836. The molecule has 0 fully saturated rings. The van der Waals surface area contributed by atoms with Crippen LogP contribution in [-0.4, -0.2) is 49.6 Å². The molecule has 27 heavy (non-hydrogen) atoms. The molecule has 150 valence electrons. The Morgan fingerprint density at radius 1 is 1.30 bits per heavy atom. The highest BCUT2D eigenvalue weighted by atomic mass is 127. The van der Waals surface area contributed by atoms with Gasteiger partial charge in [0.05, 0.1) is 11.6 Å². The topological polar surface area (TPSA) is 49.8 Å². The van der Waals surface area contributed by atoms with Crippen LogP contribution >= 0.6 is 35.3 Å². The summed E-state index contributed by atoms with van der Waals surface area (Å²) in [6.07, 6.45) is -3.99. The first kappa shape index (κ1) is 23.5. The number of rotatable bonds is 7. The summed E-state index contributed by atoms with van der Waals surface area (Å²) in [6.45, 7) is 1.55. The van der Waals surface area contributed by atoms with E-state index in [2.05, 4.69) is 15.3 Å². The van der Waals surface area contributed by atoms with E-state index in [0.717, 1.165) is 22.5 Å². The second-order valence-corrected chi connectivity index (χ2v) is 6.37. The highest BCUT2D eigenvalue weighted by Crippen LogP contribution is 2.29. The SMILES string of the molecule is CN=C(NCCc1nc(C(F)(F)F)cs1)N(C)CCOc1ccccc1.I. The second-order valence-electron chi connectivity index (χ2n) is 5.43. The second kappa shape index (κ2) is 11.3. The Morgan fingerprint density at radius 3 is 2.59 bits per heavy atom. The fraction of sp³-hybridized carbons (Fsp3) is 0.412. The predicted octanol–water partition coefficient (Wildman–Crippen LogP) is 3.91. The third-order valence-electron chi connectivity index (χ3n) is 3.48. The minimum absolute atomic E-state index is 0. The summed E-state index contributed by atoms with van der Waals surface area (Å²) in [5, 5.41) is 4.60. The molecule has 10 heteroatoms. The predicted molar refractivity (Wildman–Crippen MR) is 112 cm³/mol. The fourth-order valence-corrected chi connectivity index (χ4v) is 2.95. The Morgan fingerprint density at radius 2 is 2.00 bits per heavy atom. The van der Waals surface area contributed by atoms with E-state index >= 15 is 0 Å². The lowest BCUT2D eigenvalue weighted by Gasteiger charge is -2.22. The van der Waals surface area contributed by atoms with E-state index in [-0.39, 0.29) is 24.0 Å². The van der Waals surface area contributed by atoms with Crippen LogP contribution in [0.2, 0.25) is 0 Å². The molecule has 5 nitrogen and oxygen atoms in total. The van der Waals surface area contributed by atoms with Gasteiger partial charge in [0, 0.05) is 32.4 Å². The van der Waals surface area contributed by atoms with Crippen molar-refractivity contribution in [2.75, 3.05) is 33.8 Å². The summed E-state index contributed by atoms with van der Waals surface area (Å²) in [6, 6.07) is 9.50. The van der Waals surface area contributed by atoms with E-state index in [9.17, 15) is 13.2 Å². The molecule has 2 rings (SSSR count). The number of nitrogens with one attached hydrogen (secondary N) is 1. The molecular formula is C17H22F3IN4OS. The number of ether oxygens (including phenoxy) is 1. The number of benzene rings is 1. The Bertz CT molecular complexity index is 710. The molecule has 1 N–H and O–H groups in total. The lowest BCUT2D eigenvalue weighted by Crippen LogP contribution is -2.41. The zero-order valence-electron chi connectivity index (χ0n) is 15.0. The van der Waals surface area contributed by atoms with Crippen molar-refractivity contribution in [3.05, 3.63) is 46.4 Å². The minimum atomic E-state index is -4.39. The van der Waals surface area contributed by atoms with Crippen molar-refractivity contribution in [3.8, 4) is 5.75 Å². The molecule has 0 unspecified atom stereocenters. The van der Waals surface area contributed by atoms with E-state index in [4.69, 9.17) is 4.74 Å². The Kier molecular flexibility index (Phi) is 9.84. The van der Waals surface area contributed by atoms with Crippen molar-refractivity contribution >= 4 is 41.3 Å². The monoisotopic (exact) mass is 514 g/mol. The van der Waals surface area contributed by atoms with E-state index in [1.54, 1.807) is 7.05 Å². The van der Waals surface area contributed by atoms with Gasteiger partial charge in [0.25, 0.3) is 0 Å². The Hall–Kier alpha value is -1.56. The van der Waals surface area contributed by atoms with Crippen molar-refractivity contribution in [1.29, 1.82) is 0 Å². The van der Waals surface area contributed by atoms with Gasteiger partial charge in [0.15, 0.2) is 11.7 Å². The lowest BCUT2D eigenvalue weighted by atomic mass is 10.3. The maximum Gasteiger partial charge on any atom is 0.434 e. The largest absolute Gasteiger partial charge is 0.492 e. The molecule has 0 saturated heterocycles. The van der Waals surface area contributed by atoms with Crippen LogP contribution in [0.3, 0.4) is 0 Å². The molecule has 1 aromatic carbocycles. The van der Waals surface area contributed by atoms with Crippen LogP contribution in [0.4, 0.5) is 13.2 Å². The fourth-order valence-electron chi connectivity index (χ4n) is 2.14. The first-order chi connectivity index (χ1) is 12.4. The molecule has 0 radical (unpaired) electrons. The number of hydrogen-bond acceptors (Lipinski definition) is 4. The summed E-state index contributed by atoms with van der Waals surface area (Å²) >= 11 is 1.01. The number of alkyl halides is 3. The van der Waals surface area contributed by atoms with Gasteiger partial charge in [0.2, 0.25) is 0 Å². The van der Waals surface area contributed by atoms with E-state index in [1.165, 1.54) is 0 Å². The van der Waals surface area contributed by atoms with Gasteiger partial charge in [-0.3, -0.25) is 4.99 Å². The highest BCUT2D eigenvalue weighted by molar-refractivity contribution is 14.0. The number of thiazole rings is 1. The third kappa shape index (κ3) is 7.91. The molecule has 1 heterocycles. The lowest BCUT2D eigenvalue weighted by molar-refractivity contribution is -0.140. The molecule has 0 amide bonds. The normalized spacial score (nSPS) is 11.7. The van der Waals surface area contributed by atoms with Crippen molar-refractivity contribution in [1.82, 2.24) is 15.2 Å². The van der Waals surface area contributed by atoms with Crippen molar-refractivity contribution < 1.29 is 17.9 Å². The first-order valence-electron chi connectivity index (χ1n) is 8.01. The number of likely N-dealkylation sites (N-methyl/N-ethyl adjacent to an activating group) is 1. The molecule has 0 bridgehead atoms. The summed E-state index contributed by atoms with van der Waals surface area (Å²) in [5.74, 6) is 1.45. The van der Waals surface area contributed by atoms with Crippen LogP contribution in [0.1, 0.15) is 10.7 Å². The molecule has 0 atom stereocenters. The maximum atomic E-state index is 12.5. The highest BCUT2D eigenvalue weighted by Gasteiger charge is 2.33. The first-order valence-corrected chi connectivity index (χ1v) is 8.89. The zero-order chi connectivity index (χ0) is 19.0. The van der Waals surface area contributed by atoms with Crippen LogP contribution in [0, 0.1) is 0 Å². The number of para-hydroxylation sites is 1. The van der Waals surface area contributed by atoms with Crippen molar-refractivity contribution in [2.45, 2.75) is 12.6 Å². The van der Waals surface area contributed by atoms with Gasteiger partial charge in [-0.05, 0) is 12.1 Å². The van der Waals surface area contributed by atoms with E-state index < -0.39 is 11.9 Å². The molecule has 0 aliphatic rings. The van der Waals surface area contributed by atoms with Crippen molar-refractivity contribution in [2.24, 2.45) is 4.99 Å². The summed E-state index contributed by atoms with van der Waals surface area (Å²) in [4.78, 5) is 9.68. The summed E-state index contributed by atoms with van der Waals surface area (Å²) < 4.78 is 43.3. The molecule has 0 aliphatic heterocycles. The summed E-state index contributed by atoms with van der Waals surface area (Å²) in [7, 11) is 3.52. The smallest absolute Gasteiger partial charge is 0.434 e. The molecule has 0 spiro atoms. The van der Waals surface area contributed by atoms with E-state index in [0.29, 0.717) is 37.1 Å². The van der Waals surface area contributed by atoms with Gasteiger partial charge in [0.1, 0.15) is 12.4 Å². The van der Waals surface area contributed by atoms with Gasteiger partial charge in [-0.15, -0.1) is 35.3 Å². The minimum Gasteiger partial charge on any atom is -0.492 e. The van der Waals surface area contributed by atoms with Gasteiger partial charge >= 0.3 is 6.18 Å². The van der Waals surface area contributed by atoms with Crippen LogP contribution in [-0.2, 0) is 12.6 Å². The zero-order valence-corrected chi connectivity index (χ0v) is 18.1. The van der Waals surface area contributed by atoms with Crippen molar-refractivity contribution in [3.63, 3.8) is 0 Å². The van der Waals surface area contributed by atoms with Crippen LogP contribution in [0.25, 0.3) is 0 Å². The third-order valence-corrected chi connectivity index (χ3v) is 4.38. The number of nitrogens with zero attached hydrogens (tertiary/aromatic N) is 3. The molecule has 0 saturated carbocycles. The number of hydrogen-bond donors (Lipinski definition) is 1. The van der Waals surface area contributed by atoms with Gasteiger partial charge in [-0.2, -0.15) is 13.2 Å². The molecule has 0 aliphatic carbocycles. The van der Waals surface area contributed by atoms with Gasteiger partial charge < -0.3 is 15.0 Å². The molecular weight excluding hydrogens is 492 g/mol. The van der Waals surface area contributed by atoms with Gasteiger partial charge in [-0.1, -0.05) is 18.2 Å². The Balaban J connectivity index is 0.00000364. The Labute approximate surface area is 177 Å². The van der Waals surface area contributed by atoms with Gasteiger partial charge in [-0.25, -0.2) is 4.98 Å². The number of guanidine groups is 1. The maximum absolute atomic E-state index is 12.5. The number of aromatic nitrogens is 1. The average Bonchev–Trinajstić information content (AvgIpc) is 3.09.